The highest BCUT2D eigenvalue weighted by Gasteiger charge is 2.14. The molecule has 0 aliphatic heterocycles. The average molecular weight is 258 g/mol. The van der Waals surface area contributed by atoms with E-state index in [-0.39, 0.29) is 22.2 Å². The maximum absolute atomic E-state index is 10.7. The molecule has 0 aliphatic rings. The lowest BCUT2D eigenvalue weighted by Crippen LogP contribution is -2.27. The molecule has 0 radical (unpaired) electrons. The van der Waals surface area contributed by atoms with Crippen LogP contribution < -0.4 is 11.2 Å². The maximum Gasteiger partial charge on any atom is 0.279 e. The number of nitrogens with two attached hydrogens (primary N) is 1. The van der Waals surface area contributed by atoms with E-state index in [9.17, 15) is 10.1 Å². The minimum Gasteiger partial charge on any atom is -0.367 e. The summed E-state index contributed by atoms with van der Waals surface area (Å²) in [7, 11) is 0. The number of guanidine groups is 1. The summed E-state index contributed by atoms with van der Waals surface area (Å²) in [6.45, 7) is 0. The first kappa shape index (κ1) is 12.9. The van der Waals surface area contributed by atoms with E-state index in [2.05, 4.69) is 10.2 Å². The Morgan fingerprint density at radius 3 is 2.94 bits per heavy atom. The number of benzene rings is 1. The van der Waals surface area contributed by atoms with Crippen molar-refractivity contribution in [1.82, 2.24) is 5.48 Å². The first-order valence-electron chi connectivity index (χ1n) is 4.25. The van der Waals surface area contributed by atoms with Crippen molar-refractivity contribution in [2.24, 2.45) is 15.9 Å². The zero-order valence-corrected chi connectivity index (χ0v) is 9.13. The molecule has 90 valence electrons. The van der Waals surface area contributed by atoms with Gasteiger partial charge in [0.05, 0.1) is 21.7 Å². The van der Waals surface area contributed by atoms with Gasteiger partial charge >= 0.3 is 0 Å². The van der Waals surface area contributed by atoms with E-state index < -0.39 is 4.92 Å². The number of hydrogen-bond acceptors (Lipinski definition) is 5. The molecule has 0 bridgehead atoms. The van der Waals surface area contributed by atoms with Crippen molar-refractivity contribution in [3.05, 3.63) is 38.9 Å². The first-order valence-corrected chi connectivity index (χ1v) is 4.63. The molecule has 0 fully saturated rings. The van der Waals surface area contributed by atoms with Crippen molar-refractivity contribution in [3.63, 3.8) is 0 Å². The molecule has 1 aromatic carbocycles. The van der Waals surface area contributed by atoms with Gasteiger partial charge in [0.15, 0.2) is 0 Å². The van der Waals surface area contributed by atoms with Gasteiger partial charge in [-0.15, -0.1) is 5.10 Å². The van der Waals surface area contributed by atoms with Crippen LogP contribution in [-0.2, 0) is 0 Å². The van der Waals surface area contributed by atoms with Crippen LogP contribution in [0.25, 0.3) is 0 Å². The van der Waals surface area contributed by atoms with Gasteiger partial charge < -0.3 is 5.73 Å². The summed E-state index contributed by atoms with van der Waals surface area (Å²) >= 11 is 5.78. The lowest BCUT2D eigenvalue weighted by Gasteiger charge is -1.98. The van der Waals surface area contributed by atoms with Crippen molar-refractivity contribution >= 4 is 29.5 Å². The summed E-state index contributed by atoms with van der Waals surface area (Å²) in [5.74, 6) is -0.351. The molecule has 0 amide bonds. The summed E-state index contributed by atoms with van der Waals surface area (Å²) in [6.07, 6.45) is 1.07. The quantitative estimate of drug-likeness (QED) is 0.321. The summed E-state index contributed by atoms with van der Waals surface area (Å²) in [5.41, 5.74) is 6.54. The summed E-state index contributed by atoms with van der Waals surface area (Å²) < 4.78 is 0. The zero-order valence-electron chi connectivity index (χ0n) is 8.37. The first-order chi connectivity index (χ1) is 8.06. The molecular weight excluding hydrogens is 250 g/mol. The number of hydrogen-bond donors (Lipinski definition) is 3. The fraction of sp³-hybridized carbons (Fsp3) is 0. The van der Waals surface area contributed by atoms with Crippen LogP contribution in [0.15, 0.2) is 28.4 Å². The third-order valence-corrected chi connectivity index (χ3v) is 2.02. The molecular formula is C8H8ClN5O3. The topological polar surface area (TPSA) is 126 Å². The Bertz CT molecular complexity index is 488. The molecule has 0 spiro atoms. The zero-order chi connectivity index (χ0) is 12.8. The molecule has 0 saturated heterocycles. The van der Waals surface area contributed by atoms with Crippen LogP contribution in [-0.4, -0.2) is 22.3 Å². The number of nitrogens with one attached hydrogen (secondary N) is 1. The van der Waals surface area contributed by atoms with Gasteiger partial charge in [-0.1, -0.05) is 17.7 Å². The van der Waals surface area contributed by atoms with Gasteiger partial charge in [-0.3, -0.25) is 15.3 Å². The molecule has 0 saturated carbocycles. The van der Waals surface area contributed by atoms with Crippen LogP contribution >= 0.6 is 11.6 Å². The second kappa shape index (κ2) is 5.77. The number of nitro benzene ring substituents is 1. The van der Waals surface area contributed by atoms with Gasteiger partial charge in [-0.2, -0.15) is 5.10 Å². The molecule has 0 aliphatic carbocycles. The predicted octanol–water partition coefficient (Wildman–Crippen LogP) is 0.876. The van der Waals surface area contributed by atoms with E-state index in [4.69, 9.17) is 22.5 Å². The predicted molar refractivity (Wildman–Crippen MR) is 62.2 cm³/mol. The van der Waals surface area contributed by atoms with Crippen LogP contribution in [0.1, 0.15) is 5.56 Å². The van der Waals surface area contributed by atoms with Crippen molar-refractivity contribution in [3.8, 4) is 0 Å². The molecule has 0 heterocycles. The second-order valence-electron chi connectivity index (χ2n) is 2.77. The number of rotatable bonds is 3. The molecule has 1 aromatic rings. The molecule has 0 unspecified atom stereocenters. The fourth-order valence-corrected chi connectivity index (χ4v) is 1.20. The van der Waals surface area contributed by atoms with Gasteiger partial charge in [0.2, 0.25) is 5.96 Å². The highest BCUT2D eigenvalue weighted by molar-refractivity contribution is 6.33. The van der Waals surface area contributed by atoms with Crippen LogP contribution in [0.5, 0.6) is 0 Å². The van der Waals surface area contributed by atoms with E-state index in [1.165, 1.54) is 18.2 Å². The minimum absolute atomic E-state index is 0.105. The fourth-order valence-electron chi connectivity index (χ4n) is 0.984. The smallest absolute Gasteiger partial charge is 0.279 e. The highest BCUT2D eigenvalue weighted by atomic mass is 35.5. The highest BCUT2D eigenvalue weighted by Crippen LogP contribution is 2.24. The Kier molecular flexibility index (Phi) is 4.37. The Morgan fingerprint density at radius 2 is 2.35 bits per heavy atom. The third-order valence-electron chi connectivity index (χ3n) is 1.69. The number of hydroxylamine groups is 1. The van der Waals surface area contributed by atoms with Gasteiger partial charge in [-0.05, 0) is 6.07 Å². The van der Waals surface area contributed by atoms with Crippen LogP contribution in [0.4, 0.5) is 5.69 Å². The second-order valence-corrected chi connectivity index (χ2v) is 3.18. The molecule has 9 heteroatoms. The number of halogens is 1. The number of nitrogens with zero attached hydrogens (tertiary/aromatic N) is 3. The summed E-state index contributed by atoms with van der Waals surface area (Å²) in [5, 5.41) is 25.9. The molecule has 1 rings (SSSR count). The van der Waals surface area contributed by atoms with Crippen molar-refractivity contribution in [1.29, 1.82) is 0 Å². The maximum atomic E-state index is 10.7. The normalized spacial score (nSPS) is 11.8. The van der Waals surface area contributed by atoms with E-state index in [1.54, 1.807) is 5.48 Å². The van der Waals surface area contributed by atoms with E-state index in [0.29, 0.717) is 0 Å². The molecule has 4 N–H and O–H groups in total. The monoisotopic (exact) mass is 257 g/mol. The van der Waals surface area contributed by atoms with Crippen molar-refractivity contribution < 1.29 is 10.1 Å². The lowest BCUT2D eigenvalue weighted by atomic mass is 10.2. The van der Waals surface area contributed by atoms with Crippen LogP contribution in [0, 0.1) is 10.1 Å². The Labute approximate surface area is 101 Å². The Morgan fingerprint density at radius 1 is 1.65 bits per heavy atom. The third kappa shape index (κ3) is 3.40. The van der Waals surface area contributed by atoms with E-state index in [0.717, 1.165) is 6.21 Å². The van der Waals surface area contributed by atoms with Crippen molar-refractivity contribution in [2.75, 3.05) is 0 Å². The molecule has 17 heavy (non-hydrogen) atoms. The van der Waals surface area contributed by atoms with E-state index >= 15 is 0 Å². The van der Waals surface area contributed by atoms with Gasteiger partial charge in [0, 0.05) is 6.07 Å². The summed E-state index contributed by atoms with van der Waals surface area (Å²) in [6, 6.07) is 4.21. The Hall–Kier alpha value is -2.19. The number of nitro groups is 1. The van der Waals surface area contributed by atoms with Crippen LogP contribution in [0.2, 0.25) is 5.02 Å². The van der Waals surface area contributed by atoms with E-state index in [1.807, 2.05) is 0 Å². The lowest BCUT2D eigenvalue weighted by molar-refractivity contribution is -0.385. The molecule has 0 aromatic heterocycles. The van der Waals surface area contributed by atoms with Crippen molar-refractivity contribution in [2.45, 2.75) is 0 Å². The van der Waals surface area contributed by atoms with Gasteiger partial charge in [-0.25, -0.2) is 5.48 Å². The summed E-state index contributed by atoms with van der Waals surface area (Å²) in [4.78, 5) is 10.1. The minimum atomic E-state index is -0.593. The SMILES string of the molecule is N/C(=N\N=C\c1c(Cl)cccc1[N+](=O)[O-])NO. The van der Waals surface area contributed by atoms with Crippen LogP contribution in [0.3, 0.4) is 0 Å². The average Bonchev–Trinajstić information content (AvgIpc) is 2.30. The molecule has 0 atom stereocenters. The van der Waals surface area contributed by atoms with Gasteiger partial charge in [0.1, 0.15) is 0 Å². The standard InChI is InChI=1S/C8H8ClN5O3/c9-6-2-1-3-7(14(16)17)5(6)4-11-12-8(10)13-15/h1-4,15H,(H3,10,12,13)/b11-4+. The molecule has 8 nitrogen and oxygen atoms in total. The largest absolute Gasteiger partial charge is 0.367 e. The Balaban J connectivity index is 3.09. The van der Waals surface area contributed by atoms with Gasteiger partial charge in [0.25, 0.3) is 5.69 Å².